The van der Waals surface area contributed by atoms with E-state index in [4.69, 9.17) is 11.6 Å². The van der Waals surface area contributed by atoms with E-state index in [9.17, 15) is 0 Å². The Kier molecular flexibility index (Phi) is 3.70. The maximum absolute atomic E-state index is 5.87. The molecule has 3 atom stereocenters. The second-order valence-electron chi connectivity index (χ2n) is 4.72. The zero-order valence-electron chi connectivity index (χ0n) is 9.91. The lowest BCUT2D eigenvalue weighted by atomic mass is 9.93. The van der Waals surface area contributed by atoms with E-state index >= 15 is 0 Å². The summed E-state index contributed by atoms with van der Waals surface area (Å²) in [6.45, 7) is 4.63. The first-order valence-electron chi connectivity index (χ1n) is 6.08. The van der Waals surface area contributed by atoms with Gasteiger partial charge in [0, 0.05) is 17.9 Å². The van der Waals surface area contributed by atoms with Crippen LogP contribution in [0.25, 0.3) is 0 Å². The molecule has 1 aromatic heterocycles. The van der Waals surface area contributed by atoms with Crippen LogP contribution in [-0.2, 0) is 0 Å². The standard InChI is InChI=1S/C13H19ClN2/c1-3-10-4-5-12(9(10)2)16-11-6-7-15-13(14)8-11/h6-10,12H,3-5H2,1-2H3,(H,15,16). The minimum absolute atomic E-state index is 0.558. The van der Waals surface area contributed by atoms with Crippen molar-refractivity contribution in [3.63, 3.8) is 0 Å². The van der Waals surface area contributed by atoms with Gasteiger partial charge in [-0.1, -0.05) is 31.9 Å². The summed E-state index contributed by atoms with van der Waals surface area (Å²) in [5.74, 6) is 1.62. The molecule has 0 amide bonds. The zero-order valence-corrected chi connectivity index (χ0v) is 10.7. The molecule has 0 saturated heterocycles. The van der Waals surface area contributed by atoms with Crippen molar-refractivity contribution in [3.8, 4) is 0 Å². The number of halogens is 1. The number of hydrogen-bond acceptors (Lipinski definition) is 2. The summed E-state index contributed by atoms with van der Waals surface area (Å²) in [7, 11) is 0. The van der Waals surface area contributed by atoms with Crippen LogP contribution in [0, 0.1) is 11.8 Å². The summed E-state index contributed by atoms with van der Waals surface area (Å²) in [6.07, 6.45) is 5.64. The number of anilines is 1. The Morgan fingerprint density at radius 1 is 1.50 bits per heavy atom. The van der Waals surface area contributed by atoms with Crippen molar-refractivity contribution in [2.75, 3.05) is 5.32 Å². The van der Waals surface area contributed by atoms with Crippen LogP contribution < -0.4 is 5.32 Å². The molecule has 16 heavy (non-hydrogen) atoms. The molecular weight excluding hydrogens is 220 g/mol. The van der Waals surface area contributed by atoms with Crippen LogP contribution in [0.3, 0.4) is 0 Å². The van der Waals surface area contributed by atoms with Gasteiger partial charge in [-0.2, -0.15) is 0 Å². The normalized spacial score (nSPS) is 29.3. The van der Waals surface area contributed by atoms with E-state index in [1.54, 1.807) is 6.20 Å². The molecule has 1 N–H and O–H groups in total. The van der Waals surface area contributed by atoms with Crippen LogP contribution in [-0.4, -0.2) is 11.0 Å². The molecule has 2 nitrogen and oxygen atoms in total. The van der Waals surface area contributed by atoms with Crippen LogP contribution in [0.2, 0.25) is 5.15 Å². The summed E-state index contributed by atoms with van der Waals surface area (Å²) in [6, 6.07) is 4.47. The van der Waals surface area contributed by atoms with Crippen molar-refractivity contribution in [2.24, 2.45) is 11.8 Å². The van der Waals surface area contributed by atoms with Gasteiger partial charge >= 0.3 is 0 Å². The van der Waals surface area contributed by atoms with Crippen LogP contribution >= 0.6 is 11.6 Å². The molecular formula is C13H19ClN2. The minimum atomic E-state index is 0.558. The molecule has 88 valence electrons. The van der Waals surface area contributed by atoms with Gasteiger partial charge in [0.1, 0.15) is 5.15 Å². The van der Waals surface area contributed by atoms with Crippen LogP contribution in [0.4, 0.5) is 5.69 Å². The van der Waals surface area contributed by atoms with Crippen LogP contribution in [0.15, 0.2) is 18.3 Å². The van der Waals surface area contributed by atoms with Gasteiger partial charge < -0.3 is 5.32 Å². The molecule has 1 aliphatic carbocycles. The summed E-state index contributed by atoms with van der Waals surface area (Å²) in [5.41, 5.74) is 1.09. The SMILES string of the molecule is CCC1CCC(Nc2ccnc(Cl)c2)C1C. The fraction of sp³-hybridized carbons (Fsp3) is 0.615. The molecule has 3 unspecified atom stereocenters. The summed E-state index contributed by atoms with van der Waals surface area (Å²) in [5, 5.41) is 4.13. The molecule has 0 spiro atoms. The van der Waals surface area contributed by atoms with Crippen molar-refractivity contribution in [2.45, 2.75) is 39.2 Å². The lowest BCUT2D eigenvalue weighted by Crippen LogP contribution is -2.24. The average Bonchev–Trinajstić information content (AvgIpc) is 2.60. The highest BCUT2D eigenvalue weighted by Crippen LogP contribution is 2.35. The fourth-order valence-electron chi connectivity index (χ4n) is 2.73. The van der Waals surface area contributed by atoms with Gasteiger partial charge in [-0.15, -0.1) is 0 Å². The van der Waals surface area contributed by atoms with Gasteiger partial charge in [0.2, 0.25) is 0 Å². The van der Waals surface area contributed by atoms with Crippen molar-refractivity contribution >= 4 is 17.3 Å². The molecule has 0 aromatic carbocycles. The molecule has 1 saturated carbocycles. The van der Waals surface area contributed by atoms with E-state index in [-0.39, 0.29) is 0 Å². The highest BCUT2D eigenvalue weighted by Gasteiger charge is 2.31. The van der Waals surface area contributed by atoms with Gasteiger partial charge in [0.15, 0.2) is 0 Å². The molecule has 1 aromatic rings. The van der Waals surface area contributed by atoms with Gasteiger partial charge in [-0.25, -0.2) is 4.98 Å². The average molecular weight is 239 g/mol. The number of pyridine rings is 1. The molecule has 1 aliphatic rings. The van der Waals surface area contributed by atoms with Gasteiger partial charge in [0.05, 0.1) is 0 Å². The lowest BCUT2D eigenvalue weighted by Gasteiger charge is -2.22. The Bertz CT molecular complexity index is 354. The Balaban J connectivity index is 2.00. The van der Waals surface area contributed by atoms with Crippen molar-refractivity contribution in [3.05, 3.63) is 23.5 Å². The highest BCUT2D eigenvalue weighted by molar-refractivity contribution is 6.29. The number of nitrogens with one attached hydrogen (secondary N) is 1. The van der Waals surface area contributed by atoms with Crippen molar-refractivity contribution in [1.29, 1.82) is 0 Å². The second-order valence-corrected chi connectivity index (χ2v) is 5.11. The Morgan fingerprint density at radius 3 is 2.94 bits per heavy atom. The topological polar surface area (TPSA) is 24.9 Å². The Labute approximate surface area is 102 Å². The maximum atomic E-state index is 5.87. The summed E-state index contributed by atoms with van der Waals surface area (Å²) in [4.78, 5) is 3.99. The summed E-state index contributed by atoms with van der Waals surface area (Å²) < 4.78 is 0. The largest absolute Gasteiger partial charge is 0.382 e. The van der Waals surface area contributed by atoms with E-state index in [2.05, 4.69) is 24.1 Å². The zero-order chi connectivity index (χ0) is 11.5. The molecule has 0 radical (unpaired) electrons. The third kappa shape index (κ3) is 2.49. The van der Waals surface area contributed by atoms with Gasteiger partial charge in [-0.05, 0) is 36.8 Å². The van der Waals surface area contributed by atoms with E-state index < -0.39 is 0 Å². The number of hydrogen-bond donors (Lipinski definition) is 1. The number of aromatic nitrogens is 1. The van der Waals surface area contributed by atoms with Crippen molar-refractivity contribution < 1.29 is 0 Å². The highest BCUT2D eigenvalue weighted by atomic mass is 35.5. The lowest BCUT2D eigenvalue weighted by molar-refractivity contribution is 0.392. The first kappa shape index (κ1) is 11.7. The Morgan fingerprint density at radius 2 is 2.31 bits per heavy atom. The first-order chi connectivity index (χ1) is 7.70. The predicted octanol–water partition coefficient (Wildman–Crippen LogP) is 3.97. The van der Waals surface area contributed by atoms with Crippen LogP contribution in [0.1, 0.15) is 33.1 Å². The second kappa shape index (κ2) is 5.05. The van der Waals surface area contributed by atoms with Gasteiger partial charge in [0.25, 0.3) is 0 Å². The monoisotopic (exact) mass is 238 g/mol. The Hall–Kier alpha value is -0.760. The molecule has 0 aliphatic heterocycles. The molecule has 2 rings (SSSR count). The quantitative estimate of drug-likeness (QED) is 0.806. The molecule has 1 heterocycles. The third-order valence-corrected chi connectivity index (χ3v) is 4.04. The minimum Gasteiger partial charge on any atom is -0.382 e. The molecule has 0 bridgehead atoms. The van der Waals surface area contributed by atoms with E-state index in [1.807, 2.05) is 12.1 Å². The maximum Gasteiger partial charge on any atom is 0.131 e. The van der Waals surface area contributed by atoms with E-state index in [0.29, 0.717) is 11.2 Å². The van der Waals surface area contributed by atoms with Crippen LogP contribution in [0.5, 0.6) is 0 Å². The van der Waals surface area contributed by atoms with Crippen molar-refractivity contribution in [1.82, 2.24) is 4.98 Å². The fourth-order valence-corrected chi connectivity index (χ4v) is 2.91. The third-order valence-electron chi connectivity index (χ3n) is 3.83. The molecule has 3 heteroatoms. The van der Waals surface area contributed by atoms with E-state index in [0.717, 1.165) is 17.5 Å². The van der Waals surface area contributed by atoms with E-state index in [1.165, 1.54) is 19.3 Å². The predicted molar refractivity (Wildman–Crippen MR) is 68.8 cm³/mol. The van der Waals surface area contributed by atoms with Gasteiger partial charge in [-0.3, -0.25) is 0 Å². The molecule has 1 fully saturated rings. The smallest absolute Gasteiger partial charge is 0.131 e. The first-order valence-corrected chi connectivity index (χ1v) is 6.46. The summed E-state index contributed by atoms with van der Waals surface area (Å²) >= 11 is 5.87. The number of rotatable bonds is 3. The number of nitrogens with zero attached hydrogens (tertiary/aromatic N) is 1.